The van der Waals surface area contributed by atoms with E-state index in [1.807, 2.05) is 17.7 Å². The van der Waals surface area contributed by atoms with Gasteiger partial charge in [0.2, 0.25) is 0 Å². The third-order valence-corrected chi connectivity index (χ3v) is 3.42. The molecule has 0 atom stereocenters. The van der Waals surface area contributed by atoms with Gasteiger partial charge < -0.3 is 10.2 Å². The van der Waals surface area contributed by atoms with Crippen LogP contribution in [0.3, 0.4) is 0 Å². The zero-order valence-corrected chi connectivity index (χ0v) is 11.4. The molecule has 1 aromatic carbocycles. The summed E-state index contributed by atoms with van der Waals surface area (Å²) in [5.74, 6) is 0.252. The van der Waals surface area contributed by atoms with Gasteiger partial charge >= 0.3 is 0 Å². The first kappa shape index (κ1) is 13.3. The maximum Gasteiger partial charge on any atom is 0.289 e. The van der Waals surface area contributed by atoms with Crippen LogP contribution in [0.2, 0.25) is 0 Å². The van der Waals surface area contributed by atoms with E-state index in [1.54, 1.807) is 23.5 Å². The number of aryl methyl sites for hydroxylation is 1. The van der Waals surface area contributed by atoms with Gasteiger partial charge in [-0.15, -0.1) is 0 Å². The Morgan fingerprint density at radius 3 is 2.89 bits per heavy atom. The Balaban J connectivity index is 2.31. The van der Waals surface area contributed by atoms with E-state index in [0.717, 1.165) is 10.0 Å². The third kappa shape index (κ3) is 3.20. The minimum absolute atomic E-state index is 0.122. The third-order valence-electron chi connectivity index (χ3n) is 2.49. The lowest BCUT2D eigenvalue weighted by Gasteiger charge is -1.98. The molecule has 0 saturated carbocycles. The maximum absolute atomic E-state index is 9.69. The van der Waals surface area contributed by atoms with Crippen molar-refractivity contribution in [2.24, 2.45) is 0 Å². The number of hydrogen-bond acceptors (Lipinski definition) is 4. The van der Waals surface area contributed by atoms with Crippen LogP contribution >= 0.6 is 11.3 Å². The van der Waals surface area contributed by atoms with Crippen LogP contribution in [0.1, 0.15) is 15.6 Å². The van der Waals surface area contributed by atoms with Crippen LogP contribution in [0.15, 0.2) is 30.9 Å². The van der Waals surface area contributed by atoms with E-state index in [-0.39, 0.29) is 11.5 Å². The molecule has 0 spiro atoms. The zero-order chi connectivity index (χ0) is 13.8. The molecule has 1 aromatic heterocycles. The van der Waals surface area contributed by atoms with Crippen molar-refractivity contribution in [3.8, 4) is 11.5 Å². The molecule has 0 aliphatic rings. The number of nitrogens with zero attached hydrogens (tertiary/aromatic N) is 2. The second-order valence-corrected chi connectivity index (χ2v) is 5.22. The molecule has 98 valence electrons. The van der Waals surface area contributed by atoms with E-state index in [9.17, 15) is 10.2 Å². The zero-order valence-electron chi connectivity index (χ0n) is 10.6. The van der Waals surface area contributed by atoms with Crippen molar-refractivity contribution in [3.05, 3.63) is 46.4 Å². The average molecular weight is 275 g/mol. The summed E-state index contributed by atoms with van der Waals surface area (Å²) in [7, 11) is 0. The first-order chi connectivity index (χ1) is 9.10. The van der Waals surface area contributed by atoms with Crippen LogP contribution in [-0.4, -0.2) is 15.3 Å². The fraction of sp³-hybridized carbons (Fsp3) is 0.143. The molecule has 0 bridgehead atoms. The number of hydrogen-bond donors (Lipinski definition) is 2. The smallest absolute Gasteiger partial charge is 0.289 e. The predicted octanol–water partition coefficient (Wildman–Crippen LogP) is 2.51. The van der Waals surface area contributed by atoms with E-state index in [4.69, 9.17) is 0 Å². The van der Waals surface area contributed by atoms with Crippen LogP contribution in [0, 0.1) is 6.92 Å². The van der Waals surface area contributed by atoms with Crippen molar-refractivity contribution in [1.29, 1.82) is 0 Å². The predicted molar refractivity (Wildman–Crippen MR) is 75.9 cm³/mol. The Labute approximate surface area is 115 Å². The lowest BCUT2D eigenvalue weighted by atomic mass is 10.2. The molecule has 0 aliphatic heterocycles. The first-order valence-corrected chi connectivity index (χ1v) is 6.60. The van der Waals surface area contributed by atoms with Crippen molar-refractivity contribution in [2.45, 2.75) is 13.5 Å². The van der Waals surface area contributed by atoms with E-state index < -0.39 is 0 Å². The Bertz CT molecular complexity index is 632. The summed E-state index contributed by atoms with van der Waals surface area (Å²) in [6, 6.07) is 4.42. The van der Waals surface area contributed by atoms with Gasteiger partial charge in [-0.2, -0.15) is 0 Å². The lowest BCUT2D eigenvalue weighted by Crippen LogP contribution is -2.37. The van der Waals surface area contributed by atoms with E-state index >= 15 is 0 Å². The van der Waals surface area contributed by atoms with E-state index in [1.165, 1.54) is 18.2 Å². The lowest BCUT2D eigenvalue weighted by molar-refractivity contribution is -0.741. The van der Waals surface area contributed by atoms with Gasteiger partial charge in [0, 0.05) is 16.7 Å². The monoisotopic (exact) mass is 275 g/mol. The highest BCUT2D eigenvalue weighted by molar-refractivity contribution is 7.11. The number of phenols is 2. The molecule has 5 heteroatoms. The van der Waals surface area contributed by atoms with Gasteiger partial charge in [0.1, 0.15) is 11.5 Å². The summed E-state index contributed by atoms with van der Waals surface area (Å²) in [6.45, 7) is 6.27. The Kier molecular flexibility index (Phi) is 3.97. The molecule has 0 saturated heterocycles. The van der Waals surface area contributed by atoms with Crippen molar-refractivity contribution in [3.63, 3.8) is 0 Å². The molecule has 1 heterocycles. The van der Waals surface area contributed by atoms with Gasteiger partial charge in [-0.1, -0.05) is 11.3 Å². The number of aromatic hydroxyl groups is 2. The highest BCUT2D eigenvalue weighted by atomic mass is 32.1. The number of benzene rings is 1. The summed E-state index contributed by atoms with van der Waals surface area (Å²) in [4.78, 5) is 0. The van der Waals surface area contributed by atoms with Crippen LogP contribution in [0.4, 0.5) is 0 Å². The summed E-state index contributed by atoms with van der Waals surface area (Å²) < 4.78 is 1.84. The molecule has 2 N–H and O–H groups in total. The molecule has 0 radical (unpaired) electrons. The number of aromatic nitrogens is 2. The largest absolute Gasteiger partial charge is 0.508 e. The van der Waals surface area contributed by atoms with E-state index in [0.29, 0.717) is 12.1 Å². The first-order valence-electron chi connectivity index (χ1n) is 5.78. The summed E-state index contributed by atoms with van der Waals surface area (Å²) in [5, 5.41) is 25.4. The molecule has 0 fully saturated rings. The van der Waals surface area contributed by atoms with Crippen molar-refractivity contribution >= 4 is 23.5 Å². The fourth-order valence-electron chi connectivity index (χ4n) is 1.65. The van der Waals surface area contributed by atoms with Crippen LogP contribution in [0.25, 0.3) is 12.2 Å². The minimum Gasteiger partial charge on any atom is -0.508 e. The van der Waals surface area contributed by atoms with Gasteiger partial charge in [-0.25, -0.2) is 0 Å². The molecule has 0 aliphatic carbocycles. The van der Waals surface area contributed by atoms with Gasteiger partial charge in [-0.3, -0.25) is 0 Å². The van der Waals surface area contributed by atoms with E-state index in [2.05, 4.69) is 11.7 Å². The molecular formula is C14H15N2O2S+. The number of rotatable bonds is 4. The highest BCUT2D eigenvalue weighted by Gasteiger charge is 2.13. The van der Waals surface area contributed by atoms with Crippen molar-refractivity contribution in [2.75, 3.05) is 0 Å². The molecule has 19 heavy (non-hydrogen) atoms. The molecule has 2 rings (SSSR count). The average Bonchev–Trinajstić information content (AvgIpc) is 2.71. The van der Waals surface area contributed by atoms with Crippen LogP contribution in [0.5, 0.6) is 11.5 Å². The SMILES string of the molecule is C=CC[n+]1nc(C)sc1/C=C/c1cc(O)ccc1O. The minimum atomic E-state index is 0.122. The highest BCUT2D eigenvalue weighted by Crippen LogP contribution is 2.24. The number of phenolic OH excluding ortho intramolecular Hbond substituents is 2. The molecular weight excluding hydrogens is 260 g/mol. The quantitative estimate of drug-likeness (QED) is 0.512. The second kappa shape index (κ2) is 5.67. The van der Waals surface area contributed by atoms with Gasteiger partial charge in [0.25, 0.3) is 5.01 Å². The summed E-state index contributed by atoms with van der Waals surface area (Å²) in [5.41, 5.74) is 0.566. The summed E-state index contributed by atoms with van der Waals surface area (Å²) >= 11 is 1.56. The second-order valence-electron chi connectivity index (χ2n) is 4.01. The normalized spacial score (nSPS) is 11.0. The van der Waals surface area contributed by atoms with Crippen molar-refractivity contribution < 1.29 is 14.9 Å². The van der Waals surface area contributed by atoms with Gasteiger partial charge in [0.05, 0.1) is 0 Å². The fourth-order valence-corrected chi connectivity index (χ4v) is 2.45. The van der Waals surface area contributed by atoms with Gasteiger partial charge in [0.15, 0.2) is 11.6 Å². The van der Waals surface area contributed by atoms with Crippen molar-refractivity contribution in [1.82, 2.24) is 5.10 Å². The molecule has 2 aromatic rings. The van der Waals surface area contributed by atoms with Gasteiger partial charge in [-0.05, 0) is 48.6 Å². The molecule has 0 amide bonds. The Morgan fingerprint density at radius 1 is 1.37 bits per heavy atom. The molecule has 4 nitrogen and oxygen atoms in total. The molecule has 0 unspecified atom stereocenters. The Morgan fingerprint density at radius 2 is 2.16 bits per heavy atom. The summed E-state index contributed by atoms with van der Waals surface area (Å²) in [6.07, 6.45) is 5.40. The maximum atomic E-state index is 9.69. The number of allylic oxidation sites excluding steroid dienone is 1. The van der Waals surface area contributed by atoms with Crippen LogP contribution < -0.4 is 4.68 Å². The topological polar surface area (TPSA) is 57.2 Å². The Hall–Kier alpha value is -2.14. The van der Waals surface area contributed by atoms with Crippen LogP contribution in [-0.2, 0) is 6.54 Å². The standard InChI is InChI=1S/C14H14N2O2S/c1-3-8-16-14(19-10(2)15-16)7-4-11-9-12(17)5-6-13(11)18/h3-7,9,17H,1,8H2,2H3/p+1.